The molecule has 0 N–H and O–H groups in total. The Kier molecular flexibility index (Phi) is 32.2. The van der Waals surface area contributed by atoms with Crippen LogP contribution in [0.15, 0.2) is 0 Å². The number of ether oxygens (including phenoxy) is 8. The molecule has 0 radical (unpaired) electrons. The molecule has 1 unspecified atom stereocenters. The van der Waals surface area contributed by atoms with Crippen molar-refractivity contribution in [2.75, 3.05) is 105 Å². The van der Waals surface area contributed by atoms with E-state index in [1.807, 2.05) is 6.92 Å². The molecule has 38 heavy (non-hydrogen) atoms. The van der Waals surface area contributed by atoms with Crippen LogP contribution in [0.3, 0.4) is 0 Å². The first-order valence-corrected chi connectivity index (χ1v) is 15.1. The Morgan fingerprint density at radius 3 is 1.32 bits per heavy atom. The Morgan fingerprint density at radius 1 is 0.526 bits per heavy atom. The fraction of sp³-hybridized carbons (Fsp3) is 0.964. The normalized spacial score (nSPS) is 12.2. The highest BCUT2D eigenvalue weighted by molar-refractivity contribution is 6.17. The Balaban J connectivity index is 3.16. The van der Waals surface area contributed by atoms with Gasteiger partial charge in [0.15, 0.2) is 0 Å². The van der Waals surface area contributed by atoms with Crippen molar-refractivity contribution in [1.29, 1.82) is 0 Å². The maximum Gasteiger partial charge on any atom is 0.308 e. The van der Waals surface area contributed by atoms with E-state index < -0.39 is 0 Å². The third-order valence-corrected chi connectivity index (χ3v) is 5.88. The highest BCUT2D eigenvalue weighted by Crippen LogP contribution is 2.14. The SMILES string of the molecule is CCCCC(CC)C(=O)OCCOCCOCCOCCOCCOCCOCCOCCCCCCCl. The molecule has 0 bridgehead atoms. The molecule has 0 aliphatic carbocycles. The van der Waals surface area contributed by atoms with Crippen LogP contribution in [0.4, 0.5) is 0 Å². The van der Waals surface area contributed by atoms with Crippen LogP contribution in [-0.2, 0) is 42.7 Å². The molecule has 0 spiro atoms. The predicted molar refractivity (Wildman–Crippen MR) is 149 cm³/mol. The summed E-state index contributed by atoms with van der Waals surface area (Å²) in [5.41, 5.74) is 0. The summed E-state index contributed by atoms with van der Waals surface area (Å²) < 4.78 is 43.6. The number of rotatable bonds is 32. The molecule has 9 nitrogen and oxygen atoms in total. The van der Waals surface area contributed by atoms with Crippen molar-refractivity contribution in [3.63, 3.8) is 0 Å². The number of alkyl halides is 1. The zero-order valence-electron chi connectivity index (χ0n) is 24.1. The fourth-order valence-electron chi connectivity index (χ4n) is 3.33. The quantitative estimate of drug-likeness (QED) is 0.0650. The smallest absolute Gasteiger partial charge is 0.308 e. The van der Waals surface area contributed by atoms with E-state index in [9.17, 15) is 4.79 Å². The average Bonchev–Trinajstić information content (AvgIpc) is 2.93. The lowest BCUT2D eigenvalue weighted by Gasteiger charge is -2.13. The lowest BCUT2D eigenvalue weighted by molar-refractivity contribution is -0.150. The number of halogens is 1. The molecule has 0 aliphatic rings. The van der Waals surface area contributed by atoms with Gasteiger partial charge in [-0.25, -0.2) is 0 Å². The molecular weight excluding hydrogens is 516 g/mol. The van der Waals surface area contributed by atoms with Crippen LogP contribution in [-0.4, -0.2) is 111 Å². The highest BCUT2D eigenvalue weighted by atomic mass is 35.5. The molecule has 10 heteroatoms. The number of hydrogen-bond acceptors (Lipinski definition) is 9. The van der Waals surface area contributed by atoms with Gasteiger partial charge in [0.1, 0.15) is 6.61 Å². The number of unbranched alkanes of at least 4 members (excludes halogenated alkanes) is 4. The minimum absolute atomic E-state index is 0.00469. The Hall–Kier alpha value is -0.520. The fourth-order valence-corrected chi connectivity index (χ4v) is 3.52. The molecule has 0 amide bonds. The molecule has 0 saturated heterocycles. The standard InChI is InChI=1S/C28H55ClO9/c1-3-5-10-27(4-2)28(30)38-26-25-37-24-23-36-22-21-35-20-19-34-18-17-33-16-15-32-14-13-31-12-9-7-6-8-11-29/h27H,3-26H2,1-2H3. The minimum Gasteiger partial charge on any atom is -0.463 e. The van der Waals surface area contributed by atoms with Gasteiger partial charge in [-0.15, -0.1) is 11.6 Å². The molecule has 0 heterocycles. The average molecular weight is 571 g/mol. The van der Waals surface area contributed by atoms with Crippen molar-refractivity contribution in [3.8, 4) is 0 Å². The monoisotopic (exact) mass is 570 g/mol. The lowest BCUT2D eigenvalue weighted by atomic mass is 10.00. The summed E-state index contributed by atoms with van der Waals surface area (Å²) in [6.45, 7) is 11.9. The van der Waals surface area contributed by atoms with Crippen LogP contribution in [0.5, 0.6) is 0 Å². The third kappa shape index (κ3) is 28.5. The van der Waals surface area contributed by atoms with Crippen molar-refractivity contribution < 1.29 is 42.7 Å². The largest absolute Gasteiger partial charge is 0.463 e. The number of carbonyl (C=O) groups excluding carboxylic acids is 1. The molecule has 0 rings (SSSR count). The summed E-state index contributed by atoms with van der Waals surface area (Å²) in [6, 6.07) is 0. The Bertz CT molecular complexity index is 472. The lowest BCUT2D eigenvalue weighted by Crippen LogP contribution is -2.20. The number of carbonyl (C=O) groups is 1. The van der Waals surface area contributed by atoms with Crippen molar-refractivity contribution in [2.45, 2.75) is 65.2 Å². The summed E-state index contributed by atoms with van der Waals surface area (Å²) in [4.78, 5) is 12.0. The van der Waals surface area contributed by atoms with E-state index in [1.54, 1.807) is 0 Å². The molecule has 0 aromatic rings. The van der Waals surface area contributed by atoms with E-state index >= 15 is 0 Å². The number of hydrogen-bond donors (Lipinski definition) is 0. The molecule has 0 aromatic heterocycles. The van der Waals surface area contributed by atoms with Gasteiger partial charge in [-0.1, -0.05) is 39.5 Å². The second kappa shape index (κ2) is 32.7. The van der Waals surface area contributed by atoms with Gasteiger partial charge in [0.05, 0.1) is 91.8 Å². The summed E-state index contributed by atoms with van der Waals surface area (Å²) in [6.07, 6.45) is 8.36. The zero-order chi connectivity index (χ0) is 27.8. The Labute approximate surface area is 236 Å². The molecule has 0 aromatic carbocycles. The van der Waals surface area contributed by atoms with Crippen molar-refractivity contribution in [1.82, 2.24) is 0 Å². The van der Waals surface area contributed by atoms with Crippen LogP contribution >= 0.6 is 11.6 Å². The van der Waals surface area contributed by atoms with Crippen LogP contribution in [0, 0.1) is 5.92 Å². The second-order valence-electron chi connectivity index (χ2n) is 8.80. The maximum atomic E-state index is 12.0. The molecule has 0 saturated carbocycles. The summed E-state index contributed by atoms with van der Waals surface area (Å²) in [5, 5.41) is 0. The molecule has 1 atom stereocenters. The first-order valence-electron chi connectivity index (χ1n) is 14.5. The third-order valence-electron chi connectivity index (χ3n) is 5.61. The van der Waals surface area contributed by atoms with E-state index in [-0.39, 0.29) is 18.5 Å². The van der Waals surface area contributed by atoms with Crippen LogP contribution < -0.4 is 0 Å². The topological polar surface area (TPSA) is 90.9 Å². The molecule has 228 valence electrons. The van der Waals surface area contributed by atoms with Gasteiger partial charge in [-0.05, 0) is 25.7 Å². The summed E-state index contributed by atoms with van der Waals surface area (Å²) in [7, 11) is 0. The predicted octanol–water partition coefficient (Wildman–Crippen LogP) is 4.66. The van der Waals surface area contributed by atoms with Gasteiger partial charge in [-0.2, -0.15) is 0 Å². The second-order valence-corrected chi connectivity index (χ2v) is 9.18. The summed E-state index contributed by atoms with van der Waals surface area (Å²) in [5.74, 6) is 0.635. The van der Waals surface area contributed by atoms with Gasteiger partial charge < -0.3 is 37.9 Å². The van der Waals surface area contributed by atoms with Gasteiger partial charge >= 0.3 is 5.97 Å². The van der Waals surface area contributed by atoms with Gasteiger partial charge in [0, 0.05) is 12.5 Å². The maximum absolute atomic E-state index is 12.0. The molecule has 0 aliphatic heterocycles. The van der Waals surface area contributed by atoms with E-state index in [0.29, 0.717) is 85.9 Å². The molecular formula is C28H55ClO9. The van der Waals surface area contributed by atoms with Crippen LogP contribution in [0.1, 0.15) is 65.2 Å². The first-order chi connectivity index (χ1) is 18.8. The van der Waals surface area contributed by atoms with E-state index in [1.165, 1.54) is 12.8 Å². The number of esters is 1. The van der Waals surface area contributed by atoms with Gasteiger partial charge in [-0.3, -0.25) is 4.79 Å². The van der Waals surface area contributed by atoms with E-state index in [0.717, 1.165) is 51.0 Å². The van der Waals surface area contributed by atoms with E-state index in [4.69, 9.17) is 49.5 Å². The summed E-state index contributed by atoms with van der Waals surface area (Å²) >= 11 is 5.64. The Morgan fingerprint density at radius 2 is 0.921 bits per heavy atom. The molecule has 0 fully saturated rings. The first kappa shape index (κ1) is 37.5. The van der Waals surface area contributed by atoms with Crippen LogP contribution in [0.25, 0.3) is 0 Å². The van der Waals surface area contributed by atoms with Gasteiger partial charge in [0.25, 0.3) is 0 Å². The van der Waals surface area contributed by atoms with Crippen molar-refractivity contribution >= 4 is 17.6 Å². The van der Waals surface area contributed by atoms with Crippen LogP contribution in [0.2, 0.25) is 0 Å². The van der Waals surface area contributed by atoms with E-state index in [2.05, 4.69) is 6.92 Å². The zero-order valence-corrected chi connectivity index (χ0v) is 24.9. The van der Waals surface area contributed by atoms with Gasteiger partial charge in [0.2, 0.25) is 0 Å². The highest BCUT2D eigenvalue weighted by Gasteiger charge is 2.16. The van der Waals surface area contributed by atoms with Crippen molar-refractivity contribution in [3.05, 3.63) is 0 Å². The van der Waals surface area contributed by atoms with Crippen molar-refractivity contribution in [2.24, 2.45) is 5.92 Å². The minimum atomic E-state index is -0.114.